The molecule has 0 unspecified atom stereocenters. The third-order valence-corrected chi connectivity index (χ3v) is 4.01. The first-order chi connectivity index (χ1) is 12.0. The van der Waals surface area contributed by atoms with E-state index in [0.717, 1.165) is 17.5 Å². The molecule has 0 saturated heterocycles. The van der Waals surface area contributed by atoms with Gasteiger partial charge in [-0.1, -0.05) is 17.7 Å². The Hall–Kier alpha value is -2.82. The van der Waals surface area contributed by atoms with Crippen LogP contribution in [0.25, 0.3) is 0 Å². The van der Waals surface area contributed by atoms with Crippen LogP contribution in [-0.4, -0.2) is 31.6 Å². The average molecular weight is 340 g/mol. The van der Waals surface area contributed by atoms with E-state index >= 15 is 0 Å². The highest BCUT2D eigenvalue weighted by molar-refractivity contribution is 6.00. The number of fused-ring (bicyclic) bond motifs is 1. The molecule has 2 aromatic carbocycles. The number of esters is 1. The second kappa shape index (κ2) is 7.38. The predicted octanol–water partition coefficient (Wildman–Crippen LogP) is 3.50. The van der Waals surface area contributed by atoms with Crippen LogP contribution in [0.2, 0.25) is 0 Å². The molecule has 1 aliphatic rings. The highest BCUT2D eigenvalue weighted by atomic mass is 16.5. The van der Waals surface area contributed by atoms with E-state index in [9.17, 15) is 9.59 Å². The van der Waals surface area contributed by atoms with E-state index in [1.165, 1.54) is 0 Å². The highest BCUT2D eigenvalue weighted by Gasteiger charge is 2.17. The van der Waals surface area contributed by atoms with Crippen molar-refractivity contribution in [1.29, 1.82) is 0 Å². The van der Waals surface area contributed by atoms with Gasteiger partial charge in [0.2, 0.25) is 5.78 Å². The van der Waals surface area contributed by atoms with Gasteiger partial charge in [-0.25, -0.2) is 4.79 Å². The lowest BCUT2D eigenvalue weighted by Gasteiger charge is -2.10. The molecule has 0 saturated carbocycles. The molecule has 0 aromatic heterocycles. The van der Waals surface area contributed by atoms with Gasteiger partial charge in [-0.3, -0.25) is 4.79 Å². The highest BCUT2D eigenvalue weighted by Crippen LogP contribution is 2.30. The quantitative estimate of drug-likeness (QED) is 0.630. The maximum Gasteiger partial charge on any atom is 0.338 e. The number of aryl methyl sites for hydroxylation is 2. The fourth-order valence-electron chi connectivity index (χ4n) is 2.62. The van der Waals surface area contributed by atoms with E-state index in [1.807, 2.05) is 26.0 Å². The lowest BCUT2D eigenvalue weighted by molar-refractivity contribution is 0.0474. The number of ketones is 1. The van der Waals surface area contributed by atoms with E-state index in [4.69, 9.17) is 14.2 Å². The maximum atomic E-state index is 12.3. The van der Waals surface area contributed by atoms with E-state index in [1.54, 1.807) is 24.3 Å². The topological polar surface area (TPSA) is 61.8 Å². The molecule has 130 valence electrons. The Bertz CT molecular complexity index is 810. The van der Waals surface area contributed by atoms with Crippen LogP contribution in [0.4, 0.5) is 0 Å². The molecule has 0 aliphatic carbocycles. The van der Waals surface area contributed by atoms with Gasteiger partial charge in [-0.15, -0.1) is 0 Å². The third-order valence-electron chi connectivity index (χ3n) is 4.01. The van der Waals surface area contributed by atoms with E-state index in [0.29, 0.717) is 35.8 Å². The minimum Gasteiger partial charge on any atom is -0.490 e. The van der Waals surface area contributed by atoms with E-state index < -0.39 is 5.97 Å². The molecule has 0 atom stereocenters. The number of hydrogen-bond acceptors (Lipinski definition) is 5. The molecule has 0 N–H and O–H groups in total. The number of carbonyl (C=O) groups excluding carboxylic acids is 2. The number of hydrogen-bond donors (Lipinski definition) is 0. The molecular weight excluding hydrogens is 320 g/mol. The Balaban J connectivity index is 1.67. The first-order valence-corrected chi connectivity index (χ1v) is 8.22. The summed E-state index contributed by atoms with van der Waals surface area (Å²) in [5.41, 5.74) is 2.76. The van der Waals surface area contributed by atoms with Crippen LogP contribution in [0, 0.1) is 13.8 Å². The Morgan fingerprint density at radius 3 is 2.56 bits per heavy atom. The summed E-state index contributed by atoms with van der Waals surface area (Å²) in [6.45, 7) is 4.60. The van der Waals surface area contributed by atoms with Gasteiger partial charge >= 0.3 is 5.97 Å². The minimum absolute atomic E-state index is 0.219. The van der Waals surface area contributed by atoms with Crippen molar-refractivity contribution in [3.05, 3.63) is 58.7 Å². The first kappa shape index (κ1) is 17.0. The zero-order valence-corrected chi connectivity index (χ0v) is 14.3. The van der Waals surface area contributed by atoms with Crippen molar-refractivity contribution in [2.75, 3.05) is 19.8 Å². The molecule has 0 fully saturated rings. The van der Waals surface area contributed by atoms with Gasteiger partial charge in [0.15, 0.2) is 18.1 Å². The van der Waals surface area contributed by atoms with Gasteiger partial charge in [-0.05, 0) is 43.7 Å². The zero-order chi connectivity index (χ0) is 17.8. The molecule has 0 radical (unpaired) electrons. The Morgan fingerprint density at radius 2 is 1.76 bits per heavy atom. The molecule has 0 amide bonds. The lowest BCUT2D eigenvalue weighted by Crippen LogP contribution is -2.15. The molecule has 25 heavy (non-hydrogen) atoms. The summed E-state index contributed by atoms with van der Waals surface area (Å²) >= 11 is 0. The summed E-state index contributed by atoms with van der Waals surface area (Å²) in [5.74, 6) is 0.353. The molecule has 0 bridgehead atoms. The summed E-state index contributed by atoms with van der Waals surface area (Å²) in [5, 5.41) is 0. The Labute approximate surface area is 146 Å². The summed E-state index contributed by atoms with van der Waals surface area (Å²) in [7, 11) is 0. The normalized spacial score (nSPS) is 13.0. The van der Waals surface area contributed by atoms with Crippen molar-refractivity contribution in [3.63, 3.8) is 0 Å². The number of ether oxygens (including phenoxy) is 3. The number of Topliss-reactive ketones (excluding diaryl/α,β-unsaturated/α-hetero) is 1. The summed E-state index contributed by atoms with van der Waals surface area (Å²) in [6, 6.07) is 10.5. The van der Waals surface area contributed by atoms with Gasteiger partial charge in [0.1, 0.15) is 0 Å². The van der Waals surface area contributed by atoms with Gasteiger partial charge in [0.05, 0.1) is 18.8 Å². The van der Waals surface area contributed by atoms with Crippen molar-refractivity contribution >= 4 is 11.8 Å². The van der Waals surface area contributed by atoms with Crippen LogP contribution in [0.5, 0.6) is 11.5 Å². The fourth-order valence-corrected chi connectivity index (χ4v) is 2.62. The van der Waals surface area contributed by atoms with Crippen LogP contribution in [-0.2, 0) is 4.74 Å². The smallest absolute Gasteiger partial charge is 0.338 e. The monoisotopic (exact) mass is 340 g/mol. The largest absolute Gasteiger partial charge is 0.490 e. The summed E-state index contributed by atoms with van der Waals surface area (Å²) in [4.78, 5) is 24.5. The summed E-state index contributed by atoms with van der Waals surface area (Å²) in [6.07, 6.45) is 0.790. The standard InChI is InChI=1S/C20H20O5/c1-13-4-5-14(2)16(10-13)17(21)12-25-20(22)15-6-7-18-19(11-15)24-9-3-8-23-18/h4-7,10-11H,3,8-9,12H2,1-2H3. The maximum absolute atomic E-state index is 12.3. The minimum atomic E-state index is -0.561. The van der Waals surface area contributed by atoms with Crippen molar-refractivity contribution in [2.45, 2.75) is 20.3 Å². The van der Waals surface area contributed by atoms with Gasteiger partial charge < -0.3 is 14.2 Å². The van der Waals surface area contributed by atoms with Crippen molar-refractivity contribution in [2.24, 2.45) is 0 Å². The molecular formula is C20H20O5. The fraction of sp³-hybridized carbons (Fsp3) is 0.300. The SMILES string of the molecule is Cc1ccc(C)c(C(=O)COC(=O)c2ccc3c(c2)OCCCO3)c1. The number of rotatable bonds is 4. The predicted molar refractivity (Wildman–Crippen MR) is 92.6 cm³/mol. The van der Waals surface area contributed by atoms with Crippen molar-refractivity contribution < 1.29 is 23.8 Å². The van der Waals surface area contributed by atoms with Crippen LogP contribution in [0.15, 0.2) is 36.4 Å². The van der Waals surface area contributed by atoms with Crippen LogP contribution >= 0.6 is 0 Å². The second-order valence-corrected chi connectivity index (χ2v) is 6.03. The second-order valence-electron chi connectivity index (χ2n) is 6.03. The van der Waals surface area contributed by atoms with Crippen molar-refractivity contribution in [1.82, 2.24) is 0 Å². The van der Waals surface area contributed by atoms with Crippen molar-refractivity contribution in [3.8, 4) is 11.5 Å². The Kier molecular flexibility index (Phi) is 5.03. The molecule has 3 rings (SSSR count). The number of benzene rings is 2. The lowest BCUT2D eigenvalue weighted by atomic mass is 10.0. The van der Waals surface area contributed by atoms with Crippen LogP contribution in [0.3, 0.4) is 0 Å². The summed E-state index contributed by atoms with van der Waals surface area (Å²) < 4.78 is 16.3. The van der Waals surface area contributed by atoms with E-state index in [-0.39, 0.29) is 12.4 Å². The zero-order valence-electron chi connectivity index (χ0n) is 14.3. The average Bonchev–Trinajstić information content (AvgIpc) is 2.86. The van der Waals surface area contributed by atoms with Crippen LogP contribution < -0.4 is 9.47 Å². The molecule has 0 spiro atoms. The van der Waals surface area contributed by atoms with Gasteiger partial charge in [0.25, 0.3) is 0 Å². The molecule has 1 aliphatic heterocycles. The third kappa shape index (κ3) is 3.99. The first-order valence-electron chi connectivity index (χ1n) is 8.22. The van der Waals surface area contributed by atoms with E-state index in [2.05, 4.69) is 0 Å². The molecule has 5 nitrogen and oxygen atoms in total. The molecule has 1 heterocycles. The van der Waals surface area contributed by atoms with Gasteiger partial charge in [0, 0.05) is 12.0 Å². The molecule has 2 aromatic rings. The van der Waals surface area contributed by atoms with Crippen LogP contribution in [0.1, 0.15) is 38.3 Å². The Morgan fingerprint density at radius 1 is 1.00 bits per heavy atom. The van der Waals surface area contributed by atoms with Gasteiger partial charge in [-0.2, -0.15) is 0 Å². The number of carbonyl (C=O) groups is 2. The molecule has 5 heteroatoms.